The maximum absolute atomic E-state index is 6.17. The molecule has 0 unspecified atom stereocenters. The lowest BCUT2D eigenvalue weighted by atomic mass is 10.1. The Balaban J connectivity index is 1.88. The van der Waals surface area contributed by atoms with Crippen molar-refractivity contribution in [3.8, 4) is 22.6 Å². The van der Waals surface area contributed by atoms with Gasteiger partial charge in [-0.05, 0) is 30.5 Å². The number of benzene rings is 1. The highest BCUT2D eigenvalue weighted by Gasteiger charge is 2.20. The topological polar surface area (TPSA) is 46.8 Å². The molecule has 1 saturated heterocycles. The first-order valence-electron chi connectivity index (χ1n) is 8.08. The van der Waals surface area contributed by atoms with Crippen molar-refractivity contribution >= 4 is 17.5 Å². The van der Waals surface area contributed by atoms with E-state index in [2.05, 4.69) is 14.9 Å². The Morgan fingerprint density at radius 2 is 1.96 bits per heavy atom. The van der Waals surface area contributed by atoms with Gasteiger partial charge in [0.15, 0.2) is 5.82 Å². The predicted octanol–water partition coefficient (Wildman–Crippen LogP) is 3.80. The van der Waals surface area contributed by atoms with E-state index >= 15 is 0 Å². The number of rotatable bonds is 3. The van der Waals surface area contributed by atoms with Gasteiger partial charge >= 0.3 is 0 Å². The third kappa shape index (κ3) is 2.76. The molecule has 0 aliphatic carbocycles. The van der Waals surface area contributed by atoms with Crippen LogP contribution >= 0.6 is 11.6 Å². The number of halogens is 1. The summed E-state index contributed by atoms with van der Waals surface area (Å²) in [6, 6.07) is 7.76. The smallest absolute Gasteiger partial charge is 0.226 e. The average Bonchev–Trinajstić information content (AvgIpc) is 3.26. The maximum atomic E-state index is 6.17. The van der Waals surface area contributed by atoms with Gasteiger partial charge in [0.2, 0.25) is 5.95 Å². The molecule has 4 rings (SSSR count). The van der Waals surface area contributed by atoms with Crippen molar-refractivity contribution in [1.82, 2.24) is 19.5 Å². The van der Waals surface area contributed by atoms with Crippen LogP contribution in [-0.4, -0.2) is 32.6 Å². The fraction of sp³-hybridized carbons (Fsp3) is 0.278. The molecule has 0 saturated carbocycles. The van der Waals surface area contributed by atoms with Gasteiger partial charge in [-0.1, -0.05) is 23.7 Å². The molecule has 24 heavy (non-hydrogen) atoms. The van der Waals surface area contributed by atoms with E-state index in [9.17, 15) is 0 Å². The van der Waals surface area contributed by atoms with Crippen LogP contribution in [0.25, 0.3) is 22.6 Å². The molecule has 0 bridgehead atoms. The second kappa shape index (κ2) is 6.24. The molecule has 1 fully saturated rings. The highest BCUT2D eigenvalue weighted by molar-refractivity contribution is 6.30. The molecule has 2 aromatic heterocycles. The predicted molar refractivity (Wildman–Crippen MR) is 96.1 cm³/mol. The van der Waals surface area contributed by atoms with Gasteiger partial charge in [-0.25, -0.2) is 15.0 Å². The zero-order valence-electron chi connectivity index (χ0n) is 13.5. The number of hydrogen-bond donors (Lipinski definition) is 0. The minimum Gasteiger partial charge on any atom is -0.341 e. The van der Waals surface area contributed by atoms with Crippen LogP contribution in [0.1, 0.15) is 12.8 Å². The van der Waals surface area contributed by atoms with E-state index in [1.54, 1.807) is 6.20 Å². The Morgan fingerprint density at radius 3 is 2.67 bits per heavy atom. The first-order chi connectivity index (χ1) is 11.7. The van der Waals surface area contributed by atoms with Gasteiger partial charge in [0.25, 0.3) is 0 Å². The second-order valence-electron chi connectivity index (χ2n) is 6.00. The van der Waals surface area contributed by atoms with E-state index < -0.39 is 0 Å². The maximum Gasteiger partial charge on any atom is 0.226 e. The van der Waals surface area contributed by atoms with Crippen LogP contribution in [0.5, 0.6) is 0 Å². The van der Waals surface area contributed by atoms with Gasteiger partial charge in [-0.2, -0.15) is 0 Å². The van der Waals surface area contributed by atoms with Crippen molar-refractivity contribution in [2.45, 2.75) is 12.8 Å². The summed E-state index contributed by atoms with van der Waals surface area (Å²) in [6.07, 6.45) is 7.98. The van der Waals surface area contributed by atoms with E-state index in [-0.39, 0.29) is 0 Å². The number of hydrogen-bond acceptors (Lipinski definition) is 4. The third-order valence-corrected chi connectivity index (χ3v) is 4.57. The first kappa shape index (κ1) is 15.1. The molecule has 3 aromatic rings. The lowest BCUT2D eigenvalue weighted by Crippen LogP contribution is -2.20. The fourth-order valence-electron chi connectivity index (χ4n) is 3.07. The number of aromatic nitrogens is 4. The van der Waals surface area contributed by atoms with E-state index in [0.29, 0.717) is 5.02 Å². The quantitative estimate of drug-likeness (QED) is 0.728. The van der Waals surface area contributed by atoms with Gasteiger partial charge in [0.05, 0.1) is 0 Å². The molecule has 1 aromatic carbocycles. The molecule has 0 atom stereocenters. The molecule has 122 valence electrons. The van der Waals surface area contributed by atoms with Crippen LogP contribution in [0.3, 0.4) is 0 Å². The van der Waals surface area contributed by atoms with E-state index in [4.69, 9.17) is 16.6 Å². The van der Waals surface area contributed by atoms with Crippen LogP contribution in [0.4, 0.5) is 5.95 Å². The van der Waals surface area contributed by atoms with Gasteiger partial charge in [-0.15, -0.1) is 0 Å². The van der Waals surface area contributed by atoms with Crippen molar-refractivity contribution in [1.29, 1.82) is 0 Å². The average molecular weight is 340 g/mol. The number of aryl methyl sites for hydroxylation is 1. The van der Waals surface area contributed by atoms with Crippen molar-refractivity contribution in [3.63, 3.8) is 0 Å². The molecule has 1 aliphatic rings. The number of anilines is 1. The number of nitrogens with zero attached hydrogens (tertiary/aromatic N) is 5. The molecule has 3 heterocycles. The fourth-order valence-corrected chi connectivity index (χ4v) is 3.26. The number of imidazole rings is 1. The summed E-state index contributed by atoms with van der Waals surface area (Å²) in [5.41, 5.74) is 2.77. The molecule has 0 radical (unpaired) electrons. The molecule has 1 aliphatic heterocycles. The Kier molecular flexibility index (Phi) is 3.94. The Bertz CT molecular complexity index is 867. The third-order valence-electron chi connectivity index (χ3n) is 4.33. The zero-order chi connectivity index (χ0) is 16.5. The van der Waals surface area contributed by atoms with Crippen LogP contribution in [0.2, 0.25) is 5.02 Å². The minimum absolute atomic E-state index is 0.696. The molecule has 5 nitrogen and oxygen atoms in total. The van der Waals surface area contributed by atoms with Crippen molar-refractivity contribution < 1.29 is 0 Å². The Hall–Kier alpha value is -2.40. The van der Waals surface area contributed by atoms with Gasteiger partial charge in [-0.3, -0.25) is 0 Å². The van der Waals surface area contributed by atoms with Gasteiger partial charge < -0.3 is 9.47 Å². The van der Waals surface area contributed by atoms with E-state index in [1.807, 2.05) is 48.3 Å². The summed E-state index contributed by atoms with van der Waals surface area (Å²) in [4.78, 5) is 16.2. The van der Waals surface area contributed by atoms with Crippen molar-refractivity contribution in [2.24, 2.45) is 7.05 Å². The van der Waals surface area contributed by atoms with Crippen LogP contribution in [0, 0.1) is 0 Å². The molecule has 0 spiro atoms. The lowest BCUT2D eigenvalue weighted by molar-refractivity contribution is 0.884. The van der Waals surface area contributed by atoms with Crippen LogP contribution in [-0.2, 0) is 7.05 Å². The summed E-state index contributed by atoms with van der Waals surface area (Å²) < 4.78 is 1.98. The highest BCUT2D eigenvalue weighted by atomic mass is 35.5. The molecule has 0 amide bonds. The molecule has 6 heteroatoms. The molecular formula is C18H18ClN5. The zero-order valence-corrected chi connectivity index (χ0v) is 14.2. The van der Waals surface area contributed by atoms with E-state index in [0.717, 1.165) is 41.7 Å². The van der Waals surface area contributed by atoms with Gasteiger partial charge in [0.1, 0.15) is 5.69 Å². The standard InChI is InChI=1S/C18H18ClN5/c1-23-10-7-20-17(23)16-15(13-5-4-6-14(19)11-13)12-21-18(22-16)24-8-2-3-9-24/h4-7,10-12H,2-3,8-9H2,1H3. The SMILES string of the molecule is Cn1ccnc1-c1nc(N2CCCC2)ncc1-c1cccc(Cl)c1. The normalized spacial score (nSPS) is 14.3. The van der Waals surface area contributed by atoms with E-state index in [1.165, 1.54) is 12.8 Å². The van der Waals surface area contributed by atoms with Crippen LogP contribution < -0.4 is 4.90 Å². The van der Waals surface area contributed by atoms with Crippen molar-refractivity contribution in [3.05, 3.63) is 47.9 Å². The summed E-state index contributed by atoms with van der Waals surface area (Å²) in [7, 11) is 1.97. The summed E-state index contributed by atoms with van der Waals surface area (Å²) in [6.45, 7) is 2.02. The lowest BCUT2D eigenvalue weighted by Gasteiger charge is -2.17. The minimum atomic E-state index is 0.696. The largest absolute Gasteiger partial charge is 0.341 e. The summed E-state index contributed by atoms with van der Waals surface area (Å²) in [5, 5.41) is 0.696. The monoisotopic (exact) mass is 339 g/mol. The van der Waals surface area contributed by atoms with Crippen molar-refractivity contribution in [2.75, 3.05) is 18.0 Å². The second-order valence-corrected chi connectivity index (χ2v) is 6.43. The summed E-state index contributed by atoms with van der Waals surface area (Å²) in [5.74, 6) is 1.60. The molecular weight excluding hydrogens is 322 g/mol. The van der Waals surface area contributed by atoms with Gasteiger partial charge in [0, 0.05) is 49.3 Å². The highest BCUT2D eigenvalue weighted by Crippen LogP contribution is 2.32. The first-order valence-corrected chi connectivity index (χ1v) is 8.46. The van der Waals surface area contributed by atoms with Crippen LogP contribution in [0.15, 0.2) is 42.9 Å². The summed E-state index contributed by atoms with van der Waals surface area (Å²) >= 11 is 6.17. The Labute approximate surface area is 146 Å². The Morgan fingerprint density at radius 1 is 1.12 bits per heavy atom. The molecule has 0 N–H and O–H groups in total.